The van der Waals surface area contributed by atoms with E-state index < -0.39 is 0 Å². The van der Waals surface area contributed by atoms with Gasteiger partial charge in [0.1, 0.15) is 0 Å². The number of nitrogens with zero attached hydrogens (tertiary/aromatic N) is 3. The number of likely N-dealkylation sites (tertiary alicyclic amines) is 2. The first-order chi connectivity index (χ1) is 11.1. The van der Waals surface area contributed by atoms with E-state index in [0.29, 0.717) is 0 Å². The predicted octanol–water partition coefficient (Wildman–Crippen LogP) is 3.05. The molecule has 2 saturated heterocycles. The fraction of sp³-hybridized carbons (Fsp3) is 0.947. The smallest absolute Gasteiger partial charge is 0.193 e. The van der Waals surface area contributed by atoms with Crippen LogP contribution in [0.5, 0.6) is 0 Å². The average Bonchev–Trinajstić information content (AvgIpc) is 2.96. The van der Waals surface area contributed by atoms with Crippen LogP contribution < -0.4 is 5.32 Å². The molecule has 0 aromatic heterocycles. The van der Waals surface area contributed by atoms with Crippen LogP contribution in [-0.4, -0.2) is 62.1 Å². The first kappa shape index (κ1) is 18.6. The third-order valence-electron chi connectivity index (χ3n) is 5.36. The van der Waals surface area contributed by atoms with Crippen LogP contribution in [0.3, 0.4) is 0 Å². The SMILES string of the molecule is CCNC(=NCCC1CCN(C)CC1)N1CCC(CC(C)C)C1. The van der Waals surface area contributed by atoms with E-state index in [1.807, 2.05) is 0 Å². The van der Waals surface area contributed by atoms with E-state index >= 15 is 0 Å². The zero-order chi connectivity index (χ0) is 16.7. The van der Waals surface area contributed by atoms with Crippen molar-refractivity contribution in [1.29, 1.82) is 0 Å². The fourth-order valence-electron chi connectivity index (χ4n) is 4.01. The first-order valence-corrected chi connectivity index (χ1v) is 9.80. The minimum absolute atomic E-state index is 0.809. The number of guanidine groups is 1. The molecule has 0 aromatic rings. The molecule has 0 saturated carbocycles. The minimum atomic E-state index is 0.809. The predicted molar refractivity (Wildman–Crippen MR) is 100.0 cm³/mol. The van der Waals surface area contributed by atoms with Crippen molar-refractivity contribution in [2.45, 2.75) is 52.9 Å². The summed E-state index contributed by atoms with van der Waals surface area (Å²) in [4.78, 5) is 9.88. The Kier molecular flexibility index (Phi) is 7.68. The van der Waals surface area contributed by atoms with Crippen molar-refractivity contribution in [3.05, 3.63) is 0 Å². The molecule has 23 heavy (non-hydrogen) atoms. The Balaban J connectivity index is 1.78. The number of rotatable bonds is 6. The highest BCUT2D eigenvalue weighted by Gasteiger charge is 2.25. The Labute approximate surface area is 143 Å². The highest BCUT2D eigenvalue weighted by Crippen LogP contribution is 2.23. The van der Waals surface area contributed by atoms with E-state index in [1.54, 1.807) is 0 Å². The van der Waals surface area contributed by atoms with Crippen molar-refractivity contribution in [3.8, 4) is 0 Å². The topological polar surface area (TPSA) is 30.9 Å². The zero-order valence-electron chi connectivity index (χ0n) is 15.9. The Morgan fingerprint density at radius 3 is 2.48 bits per heavy atom. The largest absolute Gasteiger partial charge is 0.357 e. The third-order valence-corrected chi connectivity index (χ3v) is 5.36. The summed E-state index contributed by atoms with van der Waals surface area (Å²) in [5.41, 5.74) is 0. The third kappa shape index (κ3) is 6.33. The molecule has 1 N–H and O–H groups in total. The van der Waals surface area contributed by atoms with Crippen molar-refractivity contribution < 1.29 is 0 Å². The van der Waals surface area contributed by atoms with Gasteiger partial charge in [0.25, 0.3) is 0 Å². The lowest BCUT2D eigenvalue weighted by molar-refractivity contribution is 0.214. The maximum atomic E-state index is 4.94. The molecule has 0 spiro atoms. The Morgan fingerprint density at radius 1 is 1.13 bits per heavy atom. The molecule has 0 aromatic carbocycles. The molecular formula is C19H38N4. The Hall–Kier alpha value is -0.770. The van der Waals surface area contributed by atoms with E-state index in [0.717, 1.165) is 36.8 Å². The number of hydrogen-bond acceptors (Lipinski definition) is 2. The van der Waals surface area contributed by atoms with Crippen molar-refractivity contribution >= 4 is 5.96 Å². The van der Waals surface area contributed by atoms with Gasteiger partial charge in [0.15, 0.2) is 5.96 Å². The van der Waals surface area contributed by atoms with Crippen molar-refractivity contribution in [2.24, 2.45) is 22.7 Å². The monoisotopic (exact) mass is 322 g/mol. The summed E-state index contributed by atoms with van der Waals surface area (Å²) >= 11 is 0. The molecule has 1 unspecified atom stereocenters. The van der Waals surface area contributed by atoms with Gasteiger partial charge in [-0.15, -0.1) is 0 Å². The number of hydrogen-bond donors (Lipinski definition) is 1. The number of piperidine rings is 1. The van der Waals surface area contributed by atoms with Crippen LogP contribution in [0.25, 0.3) is 0 Å². The van der Waals surface area contributed by atoms with Crippen LogP contribution in [0, 0.1) is 17.8 Å². The molecule has 0 bridgehead atoms. The molecule has 134 valence electrons. The molecular weight excluding hydrogens is 284 g/mol. The van der Waals surface area contributed by atoms with Gasteiger partial charge in [0.05, 0.1) is 0 Å². The zero-order valence-corrected chi connectivity index (χ0v) is 15.9. The minimum Gasteiger partial charge on any atom is -0.357 e. The van der Waals surface area contributed by atoms with Gasteiger partial charge in [0.2, 0.25) is 0 Å². The summed E-state index contributed by atoms with van der Waals surface area (Å²) in [5.74, 6) is 3.70. The van der Waals surface area contributed by atoms with Crippen LogP contribution in [0.4, 0.5) is 0 Å². The van der Waals surface area contributed by atoms with Gasteiger partial charge < -0.3 is 15.1 Å². The number of nitrogens with one attached hydrogen (secondary N) is 1. The molecule has 4 heteroatoms. The fourth-order valence-corrected chi connectivity index (χ4v) is 4.01. The molecule has 2 rings (SSSR count). The molecule has 4 nitrogen and oxygen atoms in total. The molecule has 2 aliphatic heterocycles. The lowest BCUT2D eigenvalue weighted by atomic mass is 9.94. The lowest BCUT2D eigenvalue weighted by Crippen LogP contribution is -2.40. The molecule has 1 atom stereocenters. The molecule has 2 fully saturated rings. The maximum absolute atomic E-state index is 4.94. The highest BCUT2D eigenvalue weighted by molar-refractivity contribution is 5.80. The average molecular weight is 323 g/mol. The second kappa shape index (κ2) is 9.51. The molecule has 0 aliphatic carbocycles. The van der Waals surface area contributed by atoms with Crippen LogP contribution in [0.1, 0.15) is 52.9 Å². The van der Waals surface area contributed by atoms with E-state index in [9.17, 15) is 0 Å². The molecule has 2 aliphatic rings. The second-order valence-electron chi connectivity index (χ2n) is 8.00. The van der Waals surface area contributed by atoms with Gasteiger partial charge in [-0.3, -0.25) is 4.99 Å². The van der Waals surface area contributed by atoms with E-state index in [1.165, 1.54) is 58.3 Å². The van der Waals surface area contributed by atoms with Crippen molar-refractivity contribution in [2.75, 3.05) is 46.3 Å². The highest BCUT2D eigenvalue weighted by atomic mass is 15.3. The van der Waals surface area contributed by atoms with Crippen LogP contribution in [-0.2, 0) is 0 Å². The maximum Gasteiger partial charge on any atom is 0.193 e. The van der Waals surface area contributed by atoms with Gasteiger partial charge in [0, 0.05) is 26.2 Å². The van der Waals surface area contributed by atoms with Gasteiger partial charge in [-0.1, -0.05) is 13.8 Å². The first-order valence-electron chi connectivity index (χ1n) is 9.80. The van der Waals surface area contributed by atoms with Crippen LogP contribution in [0.2, 0.25) is 0 Å². The van der Waals surface area contributed by atoms with Gasteiger partial charge >= 0.3 is 0 Å². The van der Waals surface area contributed by atoms with E-state index in [4.69, 9.17) is 4.99 Å². The summed E-state index contributed by atoms with van der Waals surface area (Å²) in [5, 5.41) is 3.51. The quantitative estimate of drug-likeness (QED) is 0.602. The number of aliphatic imine (C=N–C) groups is 1. The second-order valence-corrected chi connectivity index (χ2v) is 8.00. The lowest BCUT2D eigenvalue weighted by Gasteiger charge is -2.28. The van der Waals surface area contributed by atoms with Crippen molar-refractivity contribution in [3.63, 3.8) is 0 Å². The Bertz CT molecular complexity index is 358. The van der Waals surface area contributed by atoms with Crippen LogP contribution >= 0.6 is 0 Å². The van der Waals surface area contributed by atoms with E-state index in [-0.39, 0.29) is 0 Å². The normalized spacial score (nSPS) is 24.7. The standard InChI is InChI=1S/C19H38N4/c1-5-20-19(23-13-9-18(15-23)14-16(2)3)21-10-6-17-7-11-22(4)12-8-17/h16-18H,5-15H2,1-4H3,(H,20,21). The summed E-state index contributed by atoms with van der Waals surface area (Å²) in [6, 6.07) is 0. The summed E-state index contributed by atoms with van der Waals surface area (Å²) in [6.45, 7) is 13.7. The summed E-state index contributed by atoms with van der Waals surface area (Å²) < 4.78 is 0. The van der Waals surface area contributed by atoms with Gasteiger partial charge in [-0.05, 0) is 76.9 Å². The van der Waals surface area contributed by atoms with Crippen LogP contribution in [0.15, 0.2) is 4.99 Å². The molecule has 0 radical (unpaired) electrons. The van der Waals surface area contributed by atoms with Gasteiger partial charge in [-0.2, -0.15) is 0 Å². The van der Waals surface area contributed by atoms with Crippen molar-refractivity contribution in [1.82, 2.24) is 15.1 Å². The molecule has 0 amide bonds. The Morgan fingerprint density at radius 2 is 1.83 bits per heavy atom. The van der Waals surface area contributed by atoms with E-state index in [2.05, 4.69) is 42.9 Å². The van der Waals surface area contributed by atoms with Gasteiger partial charge in [-0.25, -0.2) is 0 Å². The summed E-state index contributed by atoms with van der Waals surface area (Å²) in [7, 11) is 2.23. The summed E-state index contributed by atoms with van der Waals surface area (Å²) in [6.07, 6.45) is 6.64. The molecule has 2 heterocycles.